The third-order valence-electron chi connectivity index (χ3n) is 2.66. The molecule has 2 aromatic rings. The van der Waals surface area contributed by atoms with Gasteiger partial charge >= 0.3 is 0 Å². The zero-order chi connectivity index (χ0) is 13.0. The zero-order valence-electron chi connectivity index (χ0n) is 10.6. The maximum Gasteiger partial charge on any atom is 0.195 e. The summed E-state index contributed by atoms with van der Waals surface area (Å²) in [6.45, 7) is 4.96. The largest absolute Gasteiger partial charge is 0.288 e. The van der Waals surface area contributed by atoms with E-state index in [9.17, 15) is 4.79 Å². The van der Waals surface area contributed by atoms with Crippen molar-refractivity contribution in [2.45, 2.75) is 26.8 Å². The number of hydrogen-bond acceptors (Lipinski definition) is 3. The van der Waals surface area contributed by atoms with Crippen LogP contribution in [0.25, 0.3) is 6.08 Å². The number of aryl methyl sites for hydroxylation is 2. The highest BCUT2D eigenvalue weighted by atomic mass is 32.1. The molecule has 2 aromatic heterocycles. The van der Waals surface area contributed by atoms with Gasteiger partial charge in [0.05, 0.1) is 11.1 Å². The van der Waals surface area contributed by atoms with E-state index in [-0.39, 0.29) is 5.78 Å². The molecular formula is C14H16N2OS. The van der Waals surface area contributed by atoms with Crippen LogP contribution in [0.4, 0.5) is 0 Å². The highest BCUT2D eigenvalue weighted by Crippen LogP contribution is 2.18. The van der Waals surface area contributed by atoms with Crippen LogP contribution in [-0.2, 0) is 13.0 Å². The number of carbonyl (C=O) groups is 1. The number of thiophene rings is 1. The number of hydrogen-bond donors (Lipinski definition) is 0. The number of rotatable bonds is 5. The third kappa shape index (κ3) is 2.96. The first-order valence-electron chi connectivity index (χ1n) is 6.06. The van der Waals surface area contributed by atoms with E-state index in [0.717, 1.165) is 23.4 Å². The van der Waals surface area contributed by atoms with Crippen molar-refractivity contribution < 1.29 is 4.79 Å². The van der Waals surface area contributed by atoms with E-state index in [4.69, 9.17) is 0 Å². The normalized spacial score (nSPS) is 11.2. The van der Waals surface area contributed by atoms with Crippen LogP contribution in [-0.4, -0.2) is 15.6 Å². The van der Waals surface area contributed by atoms with Crippen molar-refractivity contribution in [2.24, 2.45) is 0 Å². The lowest BCUT2D eigenvalue weighted by Crippen LogP contribution is -1.92. The Morgan fingerprint density at radius 3 is 2.89 bits per heavy atom. The van der Waals surface area contributed by atoms with Gasteiger partial charge in [-0.2, -0.15) is 5.10 Å². The Hall–Kier alpha value is -1.68. The van der Waals surface area contributed by atoms with E-state index in [1.54, 1.807) is 23.6 Å². The van der Waals surface area contributed by atoms with Crippen LogP contribution in [0.15, 0.2) is 30.6 Å². The lowest BCUT2D eigenvalue weighted by molar-refractivity contribution is 0.105. The summed E-state index contributed by atoms with van der Waals surface area (Å²) < 4.78 is 1.84. The fraction of sp³-hybridized carbons (Fsp3) is 0.286. The monoisotopic (exact) mass is 260 g/mol. The fourth-order valence-corrected chi connectivity index (χ4v) is 2.46. The first-order chi connectivity index (χ1) is 8.72. The molecule has 0 aromatic carbocycles. The van der Waals surface area contributed by atoms with Crippen LogP contribution in [0.1, 0.15) is 34.0 Å². The van der Waals surface area contributed by atoms with Gasteiger partial charge in [0.25, 0.3) is 0 Å². The molecule has 94 valence electrons. The lowest BCUT2D eigenvalue weighted by atomic mass is 10.2. The van der Waals surface area contributed by atoms with E-state index in [0.29, 0.717) is 0 Å². The Kier molecular flexibility index (Phi) is 4.10. The first-order valence-corrected chi connectivity index (χ1v) is 6.88. The number of ketones is 1. The van der Waals surface area contributed by atoms with Crippen molar-refractivity contribution in [2.75, 3.05) is 0 Å². The number of aromatic nitrogens is 2. The van der Waals surface area contributed by atoms with E-state index in [2.05, 4.69) is 12.0 Å². The highest BCUT2D eigenvalue weighted by molar-refractivity contribution is 7.14. The number of allylic oxidation sites excluding steroid dienone is 1. The molecule has 0 bridgehead atoms. The summed E-state index contributed by atoms with van der Waals surface area (Å²) in [6, 6.07) is 3.91. The van der Waals surface area contributed by atoms with Gasteiger partial charge in [0.15, 0.2) is 5.78 Å². The van der Waals surface area contributed by atoms with Gasteiger partial charge in [-0.15, -0.1) is 11.3 Å². The van der Waals surface area contributed by atoms with Crippen molar-refractivity contribution in [1.82, 2.24) is 9.78 Å². The zero-order valence-corrected chi connectivity index (χ0v) is 11.4. The molecule has 0 fully saturated rings. The van der Waals surface area contributed by atoms with E-state index < -0.39 is 0 Å². The molecule has 18 heavy (non-hydrogen) atoms. The van der Waals surface area contributed by atoms with Gasteiger partial charge < -0.3 is 0 Å². The molecule has 0 amide bonds. The van der Waals surface area contributed by atoms with Gasteiger partial charge in [0.1, 0.15) is 0 Å². The Morgan fingerprint density at radius 1 is 1.44 bits per heavy atom. The molecule has 0 spiro atoms. The summed E-state index contributed by atoms with van der Waals surface area (Å²) in [5.74, 6) is 0.0592. The van der Waals surface area contributed by atoms with Crippen LogP contribution >= 0.6 is 11.3 Å². The minimum Gasteiger partial charge on any atom is -0.288 e. The Morgan fingerprint density at radius 2 is 2.28 bits per heavy atom. The van der Waals surface area contributed by atoms with Crippen LogP contribution in [0.3, 0.4) is 0 Å². The van der Waals surface area contributed by atoms with E-state index in [1.165, 1.54) is 4.88 Å². The van der Waals surface area contributed by atoms with Gasteiger partial charge in [-0.05, 0) is 37.6 Å². The quantitative estimate of drug-likeness (QED) is 0.610. The molecule has 0 unspecified atom stereocenters. The molecule has 0 aliphatic heterocycles. The molecule has 2 rings (SSSR count). The number of carbonyl (C=O) groups excluding carboxylic acids is 1. The van der Waals surface area contributed by atoms with Crippen LogP contribution in [0, 0.1) is 0 Å². The van der Waals surface area contributed by atoms with Crippen LogP contribution in [0.5, 0.6) is 0 Å². The average molecular weight is 260 g/mol. The predicted molar refractivity (Wildman–Crippen MR) is 75.0 cm³/mol. The summed E-state index contributed by atoms with van der Waals surface area (Å²) in [7, 11) is 0. The summed E-state index contributed by atoms with van der Waals surface area (Å²) >= 11 is 1.56. The van der Waals surface area contributed by atoms with Gasteiger partial charge in [-0.1, -0.05) is 6.92 Å². The Balaban J connectivity index is 2.06. The van der Waals surface area contributed by atoms with E-state index in [1.807, 2.05) is 36.0 Å². The molecule has 0 N–H and O–H groups in total. The maximum atomic E-state index is 11.9. The van der Waals surface area contributed by atoms with Crippen LogP contribution < -0.4 is 0 Å². The second kappa shape index (κ2) is 5.78. The second-order valence-corrected chi connectivity index (χ2v) is 5.11. The first kappa shape index (κ1) is 12.8. The molecule has 0 atom stereocenters. The Labute approximate surface area is 111 Å². The average Bonchev–Trinajstić information content (AvgIpc) is 3.04. The van der Waals surface area contributed by atoms with Crippen LogP contribution in [0.2, 0.25) is 0 Å². The minimum atomic E-state index is 0.0592. The summed E-state index contributed by atoms with van der Waals surface area (Å²) in [6.07, 6.45) is 8.09. The minimum absolute atomic E-state index is 0.0592. The molecule has 2 heterocycles. The van der Waals surface area contributed by atoms with Crippen molar-refractivity contribution >= 4 is 23.2 Å². The molecule has 3 nitrogen and oxygen atoms in total. The Bertz CT molecular complexity index is 566. The smallest absolute Gasteiger partial charge is 0.195 e. The maximum absolute atomic E-state index is 11.9. The number of nitrogens with zero attached hydrogens (tertiary/aromatic N) is 2. The van der Waals surface area contributed by atoms with Crippen molar-refractivity contribution in [3.05, 3.63) is 45.9 Å². The lowest BCUT2D eigenvalue weighted by Gasteiger charge is -1.90. The van der Waals surface area contributed by atoms with Crippen molar-refractivity contribution in [3.63, 3.8) is 0 Å². The molecule has 0 saturated heterocycles. The molecule has 4 heteroatoms. The molecule has 0 radical (unpaired) electrons. The molecular weight excluding hydrogens is 244 g/mol. The topological polar surface area (TPSA) is 34.9 Å². The summed E-state index contributed by atoms with van der Waals surface area (Å²) in [5.41, 5.74) is 0.956. The van der Waals surface area contributed by atoms with Gasteiger partial charge in [-0.3, -0.25) is 9.48 Å². The predicted octanol–water partition coefficient (Wildman–Crippen LogP) is 3.42. The molecule has 0 aliphatic rings. The highest BCUT2D eigenvalue weighted by Gasteiger charge is 2.05. The van der Waals surface area contributed by atoms with E-state index >= 15 is 0 Å². The third-order valence-corrected chi connectivity index (χ3v) is 3.90. The van der Waals surface area contributed by atoms with Gasteiger partial charge in [-0.25, -0.2) is 0 Å². The standard InChI is InChI=1S/C14H16N2OS/c1-3-12-6-8-14(18-12)13(17)7-5-11-9-15-16(4-2)10-11/h5-10H,3-4H2,1-2H3/b7-5+. The van der Waals surface area contributed by atoms with Gasteiger partial charge in [0.2, 0.25) is 0 Å². The van der Waals surface area contributed by atoms with Crippen molar-refractivity contribution in [3.8, 4) is 0 Å². The summed E-state index contributed by atoms with van der Waals surface area (Å²) in [5, 5.41) is 4.16. The fourth-order valence-electron chi connectivity index (χ4n) is 1.59. The SMILES string of the molecule is CCc1ccc(C(=O)/C=C/c2cnn(CC)c2)s1. The molecule has 0 saturated carbocycles. The van der Waals surface area contributed by atoms with Gasteiger partial charge in [0, 0.05) is 23.2 Å². The second-order valence-electron chi connectivity index (χ2n) is 3.95. The molecule has 0 aliphatic carbocycles. The summed E-state index contributed by atoms with van der Waals surface area (Å²) in [4.78, 5) is 14.0. The van der Waals surface area contributed by atoms with Crippen molar-refractivity contribution in [1.29, 1.82) is 0 Å².